The minimum atomic E-state index is -0.268. The van der Waals surface area contributed by atoms with Gasteiger partial charge in [-0.3, -0.25) is 4.79 Å². The summed E-state index contributed by atoms with van der Waals surface area (Å²) in [7, 11) is 1.88. The molecule has 5 nitrogen and oxygen atoms in total. The quantitative estimate of drug-likeness (QED) is 0.939. The summed E-state index contributed by atoms with van der Waals surface area (Å²) < 4.78 is 1.87. The number of aromatic nitrogens is 1. The molecular formula is C19H22N4O. The maximum absolute atomic E-state index is 13.1. The van der Waals surface area contributed by atoms with Crippen molar-refractivity contribution >= 4 is 11.6 Å². The Kier molecular flexibility index (Phi) is 4.06. The van der Waals surface area contributed by atoms with Crippen LogP contribution >= 0.6 is 0 Å². The summed E-state index contributed by atoms with van der Waals surface area (Å²) in [5.41, 5.74) is 4.10. The molecule has 2 heterocycles. The van der Waals surface area contributed by atoms with E-state index in [1.165, 1.54) is 0 Å². The number of anilines is 1. The summed E-state index contributed by atoms with van der Waals surface area (Å²) in [6, 6.07) is 11.8. The molecule has 2 atom stereocenters. The van der Waals surface area contributed by atoms with Crippen LogP contribution in [0.25, 0.3) is 0 Å². The van der Waals surface area contributed by atoms with Crippen LogP contribution in [0.1, 0.15) is 53.7 Å². The minimum absolute atomic E-state index is 0.0328. The van der Waals surface area contributed by atoms with E-state index in [1.54, 1.807) is 0 Å². The molecule has 0 bridgehead atoms. The van der Waals surface area contributed by atoms with Gasteiger partial charge in [0, 0.05) is 30.0 Å². The van der Waals surface area contributed by atoms with Crippen LogP contribution in [-0.2, 0) is 7.05 Å². The van der Waals surface area contributed by atoms with E-state index in [0.29, 0.717) is 11.3 Å². The van der Waals surface area contributed by atoms with E-state index < -0.39 is 0 Å². The Hall–Kier alpha value is -2.74. The van der Waals surface area contributed by atoms with Crippen LogP contribution in [0.4, 0.5) is 5.69 Å². The monoisotopic (exact) mass is 322 g/mol. The van der Waals surface area contributed by atoms with E-state index in [2.05, 4.69) is 25.2 Å². The molecule has 0 radical (unpaired) electrons. The summed E-state index contributed by atoms with van der Waals surface area (Å²) >= 11 is 0. The number of carbonyl (C=O) groups excluding carboxylic acids is 1. The minimum Gasteiger partial charge on any atom is -0.361 e. The summed E-state index contributed by atoms with van der Waals surface area (Å²) in [6.07, 6.45) is 0.596. The predicted molar refractivity (Wildman–Crippen MR) is 93.6 cm³/mol. The van der Waals surface area contributed by atoms with Crippen molar-refractivity contribution in [3.63, 3.8) is 0 Å². The molecule has 1 aliphatic rings. The zero-order valence-electron chi connectivity index (χ0n) is 14.5. The third-order valence-electron chi connectivity index (χ3n) is 5.01. The van der Waals surface area contributed by atoms with Crippen molar-refractivity contribution in [3.8, 4) is 6.07 Å². The van der Waals surface area contributed by atoms with Crippen molar-refractivity contribution in [2.45, 2.75) is 39.4 Å². The molecule has 124 valence electrons. The number of rotatable bonds is 3. The van der Waals surface area contributed by atoms with Crippen LogP contribution in [0.2, 0.25) is 0 Å². The zero-order valence-corrected chi connectivity index (χ0v) is 14.5. The standard InChI is InChI=1S/C19H22N4O/c1-5-12(2)23-18(16-10-14(11-20)22(4)13(16)3)21-17-9-7-6-8-15(17)19(23)24/h6-10,12,18,21H,5H2,1-4H3/t12-,18+/m1/s1. The second kappa shape index (κ2) is 6.04. The highest BCUT2D eigenvalue weighted by Gasteiger charge is 2.36. The van der Waals surface area contributed by atoms with Crippen LogP contribution < -0.4 is 5.32 Å². The third-order valence-corrected chi connectivity index (χ3v) is 5.01. The molecule has 0 aliphatic carbocycles. The first-order chi connectivity index (χ1) is 11.5. The number of hydrogen-bond donors (Lipinski definition) is 1. The predicted octanol–water partition coefficient (Wildman–Crippen LogP) is 3.57. The fourth-order valence-corrected chi connectivity index (χ4v) is 3.25. The Morgan fingerprint density at radius 1 is 1.38 bits per heavy atom. The second-order valence-corrected chi connectivity index (χ2v) is 6.30. The lowest BCUT2D eigenvalue weighted by atomic mass is 10.0. The maximum Gasteiger partial charge on any atom is 0.258 e. The van der Waals surface area contributed by atoms with Gasteiger partial charge in [-0.1, -0.05) is 19.1 Å². The van der Waals surface area contributed by atoms with Crippen molar-refractivity contribution in [2.24, 2.45) is 7.05 Å². The molecule has 2 aromatic rings. The SMILES string of the molecule is CC[C@@H](C)N1C(=O)c2ccccc2N[C@@H]1c1cc(C#N)n(C)c1C. The molecule has 1 N–H and O–H groups in total. The van der Waals surface area contributed by atoms with Crippen molar-refractivity contribution in [1.29, 1.82) is 5.26 Å². The molecule has 1 aromatic carbocycles. The lowest BCUT2D eigenvalue weighted by molar-refractivity contribution is 0.0593. The summed E-state index contributed by atoms with van der Waals surface area (Å²) in [5, 5.41) is 12.8. The molecule has 5 heteroatoms. The molecule has 3 rings (SSSR count). The summed E-state index contributed by atoms with van der Waals surface area (Å²) in [6.45, 7) is 6.12. The van der Waals surface area contributed by atoms with Gasteiger partial charge in [0.25, 0.3) is 5.91 Å². The molecule has 0 saturated heterocycles. The highest BCUT2D eigenvalue weighted by atomic mass is 16.2. The Balaban J connectivity index is 2.15. The molecule has 0 spiro atoms. The molecular weight excluding hydrogens is 300 g/mol. The number of fused-ring (bicyclic) bond motifs is 1. The van der Waals surface area contributed by atoms with Gasteiger partial charge in [-0.2, -0.15) is 5.26 Å². The van der Waals surface area contributed by atoms with E-state index in [9.17, 15) is 10.1 Å². The average Bonchev–Trinajstić information content (AvgIpc) is 2.89. The first kappa shape index (κ1) is 16.1. The van der Waals surface area contributed by atoms with Gasteiger partial charge >= 0.3 is 0 Å². The smallest absolute Gasteiger partial charge is 0.258 e. The number of benzene rings is 1. The lowest BCUT2D eigenvalue weighted by Gasteiger charge is -2.41. The topological polar surface area (TPSA) is 61.1 Å². The van der Waals surface area contributed by atoms with Gasteiger partial charge < -0.3 is 14.8 Å². The second-order valence-electron chi connectivity index (χ2n) is 6.30. The first-order valence-corrected chi connectivity index (χ1v) is 8.24. The Morgan fingerprint density at radius 3 is 2.71 bits per heavy atom. The van der Waals surface area contributed by atoms with Crippen LogP contribution in [-0.4, -0.2) is 21.4 Å². The first-order valence-electron chi connectivity index (χ1n) is 8.24. The van der Waals surface area contributed by atoms with E-state index in [0.717, 1.165) is 23.4 Å². The fraction of sp³-hybridized carbons (Fsp3) is 0.368. The number of nitrogens with zero attached hydrogens (tertiary/aromatic N) is 3. The lowest BCUT2D eigenvalue weighted by Crippen LogP contribution is -2.47. The molecule has 1 aliphatic heterocycles. The molecule has 1 aromatic heterocycles. The van der Waals surface area contributed by atoms with Crippen LogP contribution in [0, 0.1) is 18.3 Å². The van der Waals surface area contributed by atoms with Gasteiger partial charge in [0.2, 0.25) is 0 Å². The average molecular weight is 322 g/mol. The van der Waals surface area contributed by atoms with E-state index in [4.69, 9.17) is 0 Å². The van der Waals surface area contributed by atoms with Crippen molar-refractivity contribution in [2.75, 3.05) is 5.32 Å². The maximum atomic E-state index is 13.1. The summed E-state index contributed by atoms with van der Waals surface area (Å²) in [4.78, 5) is 15.0. The Labute approximate surface area is 142 Å². The number of nitrogens with one attached hydrogen (secondary N) is 1. The van der Waals surface area contributed by atoms with E-state index in [1.807, 2.05) is 53.8 Å². The largest absolute Gasteiger partial charge is 0.361 e. The number of nitriles is 1. The van der Waals surface area contributed by atoms with E-state index >= 15 is 0 Å². The van der Waals surface area contributed by atoms with Gasteiger partial charge in [-0.15, -0.1) is 0 Å². The number of carbonyl (C=O) groups is 1. The Bertz CT molecular complexity index is 830. The van der Waals surface area contributed by atoms with E-state index in [-0.39, 0.29) is 18.1 Å². The van der Waals surface area contributed by atoms with Gasteiger partial charge in [0.05, 0.1) is 5.56 Å². The third kappa shape index (κ3) is 2.35. The van der Waals surface area contributed by atoms with Crippen LogP contribution in [0.15, 0.2) is 30.3 Å². The molecule has 0 unspecified atom stereocenters. The van der Waals surface area contributed by atoms with Crippen LogP contribution in [0.5, 0.6) is 0 Å². The fourth-order valence-electron chi connectivity index (χ4n) is 3.25. The molecule has 1 amide bonds. The zero-order chi connectivity index (χ0) is 17.4. The highest BCUT2D eigenvalue weighted by molar-refractivity contribution is 6.01. The van der Waals surface area contributed by atoms with Crippen molar-refractivity contribution in [1.82, 2.24) is 9.47 Å². The number of para-hydroxylation sites is 1. The molecule has 24 heavy (non-hydrogen) atoms. The summed E-state index contributed by atoms with van der Waals surface area (Å²) in [5.74, 6) is 0.0328. The number of hydrogen-bond acceptors (Lipinski definition) is 3. The highest BCUT2D eigenvalue weighted by Crippen LogP contribution is 2.36. The van der Waals surface area contributed by atoms with Gasteiger partial charge in [-0.05, 0) is 38.5 Å². The normalized spacial score (nSPS) is 17.9. The molecule has 0 fully saturated rings. The molecule has 0 saturated carbocycles. The van der Waals surface area contributed by atoms with Crippen molar-refractivity contribution in [3.05, 3.63) is 52.8 Å². The van der Waals surface area contributed by atoms with Crippen molar-refractivity contribution < 1.29 is 4.79 Å². The van der Waals surface area contributed by atoms with Crippen LogP contribution in [0.3, 0.4) is 0 Å². The van der Waals surface area contributed by atoms with Gasteiger partial charge in [-0.25, -0.2) is 0 Å². The Morgan fingerprint density at radius 2 is 2.08 bits per heavy atom. The van der Waals surface area contributed by atoms with Gasteiger partial charge in [0.1, 0.15) is 17.9 Å². The van der Waals surface area contributed by atoms with Gasteiger partial charge in [0.15, 0.2) is 0 Å². The number of amides is 1.